The normalized spacial score (nSPS) is 13.8. The second-order valence-electron chi connectivity index (χ2n) is 11.1. The predicted octanol–water partition coefficient (Wildman–Crippen LogP) is 3.55. The summed E-state index contributed by atoms with van der Waals surface area (Å²) in [6.45, 7) is 9.72. The number of ether oxygens (including phenoxy) is 2. The number of likely N-dealkylation sites (N-methyl/N-ethyl adjacent to an activating group) is 1. The van der Waals surface area contributed by atoms with Crippen LogP contribution in [0.1, 0.15) is 86.4 Å². The Hall–Kier alpha value is -3.89. The van der Waals surface area contributed by atoms with E-state index in [9.17, 15) is 14.4 Å². The Morgan fingerprint density at radius 1 is 1.15 bits per heavy atom. The summed E-state index contributed by atoms with van der Waals surface area (Å²) in [5.74, 6) is 0.528. The van der Waals surface area contributed by atoms with Crippen molar-refractivity contribution in [2.45, 2.75) is 84.4 Å². The van der Waals surface area contributed by atoms with Gasteiger partial charge in [-0.25, -0.2) is 14.8 Å². The Labute approximate surface area is 236 Å². The molecule has 0 bridgehead atoms. The lowest BCUT2D eigenvalue weighted by Gasteiger charge is -2.28. The molecule has 4 N–H and O–H groups in total. The lowest BCUT2D eigenvalue weighted by Crippen LogP contribution is -2.47. The molecule has 11 nitrogen and oxygen atoms in total. The van der Waals surface area contributed by atoms with Crippen LogP contribution in [0.3, 0.4) is 0 Å². The first-order valence-corrected chi connectivity index (χ1v) is 13.7. The van der Waals surface area contributed by atoms with Gasteiger partial charge in [0.1, 0.15) is 17.4 Å². The summed E-state index contributed by atoms with van der Waals surface area (Å²) in [6, 6.07) is 5.10. The Morgan fingerprint density at radius 3 is 2.40 bits per heavy atom. The third-order valence-electron chi connectivity index (χ3n) is 6.61. The molecule has 1 aliphatic rings. The monoisotopic (exact) mass is 554 g/mol. The number of methoxy groups -OCH3 is 1. The van der Waals surface area contributed by atoms with E-state index < -0.39 is 23.6 Å². The zero-order chi connectivity index (χ0) is 29.6. The minimum absolute atomic E-state index is 0.137. The smallest absolute Gasteiger partial charge is 0.410 e. The number of benzene rings is 1. The van der Waals surface area contributed by atoms with Crippen LogP contribution in [0.2, 0.25) is 0 Å². The molecular formula is C29H42N6O5. The summed E-state index contributed by atoms with van der Waals surface area (Å²) >= 11 is 0. The fraction of sp³-hybridized carbons (Fsp3) is 0.552. The van der Waals surface area contributed by atoms with Crippen molar-refractivity contribution in [3.05, 3.63) is 46.4 Å². The second kappa shape index (κ2) is 13.0. The van der Waals surface area contributed by atoms with Gasteiger partial charge in [0.25, 0.3) is 5.91 Å². The highest BCUT2D eigenvalue weighted by molar-refractivity contribution is 5.95. The first-order valence-electron chi connectivity index (χ1n) is 13.7. The number of carbonyl (C=O) groups excluding carboxylic acids is 3. The number of aryl methyl sites for hydroxylation is 1. The van der Waals surface area contributed by atoms with E-state index in [1.807, 2.05) is 25.1 Å². The molecule has 3 amide bonds. The van der Waals surface area contributed by atoms with Gasteiger partial charge in [0.05, 0.1) is 18.5 Å². The summed E-state index contributed by atoms with van der Waals surface area (Å²) in [5, 5.41) is 6.13. The fourth-order valence-electron chi connectivity index (χ4n) is 4.15. The Morgan fingerprint density at radius 2 is 1.82 bits per heavy atom. The van der Waals surface area contributed by atoms with E-state index >= 15 is 0 Å². The van der Waals surface area contributed by atoms with Gasteiger partial charge in [0.2, 0.25) is 5.91 Å². The average Bonchev–Trinajstić information content (AvgIpc) is 3.74. The van der Waals surface area contributed by atoms with Gasteiger partial charge in [0, 0.05) is 26.1 Å². The Kier molecular flexibility index (Phi) is 9.94. The van der Waals surface area contributed by atoms with Crippen LogP contribution in [0, 0.1) is 0 Å². The van der Waals surface area contributed by atoms with Gasteiger partial charge in [0.15, 0.2) is 11.5 Å². The number of primary amides is 1. The molecule has 218 valence electrons. The highest BCUT2D eigenvalue weighted by Crippen LogP contribution is 2.41. The zero-order valence-electron chi connectivity index (χ0n) is 24.6. The Balaban J connectivity index is 1.65. The highest BCUT2D eigenvalue weighted by atomic mass is 16.6. The van der Waals surface area contributed by atoms with Gasteiger partial charge in [-0.05, 0) is 76.6 Å². The molecule has 11 heteroatoms. The van der Waals surface area contributed by atoms with Crippen LogP contribution in [0.15, 0.2) is 18.2 Å². The maximum Gasteiger partial charge on any atom is 0.410 e. The summed E-state index contributed by atoms with van der Waals surface area (Å²) in [7, 11) is 3.13. The number of nitrogens with one attached hydrogen (secondary N) is 2. The molecule has 0 radical (unpaired) electrons. The molecule has 1 aliphatic carbocycles. The van der Waals surface area contributed by atoms with Crippen molar-refractivity contribution in [2.24, 2.45) is 5.73 Å². The molecule has 2 aromatic rings. The van der Waals surface area contributed by atoms with Crippen LogP contribution in [-0.2, 0) is 28.9 Å². The maximum atomic E-state index is 12.7. The number of nitrogens with zero attached hydrogens (tertiary/aromatic N) is 3. The van der Waals surface area contributed by atoms with Crippen molar-refractivity contribution >= 4 is 23.7 Å². The number of anilines is 1. The number of aromatic nitrogens is 2. The summed E-state index contributed by atoms with van der Waals surface area (Å²) < 4.78 is 10.8. The molecule has 0 aliphatic heterocycles. The standard InChI is InChI=1S/C29H42N6O5/c1-8-22-23(20-9-10-20)34-26(24(33-22)25(30)36)32-16-19-13-18(14-21(15-19)39-7)11-12-31-27(37)17(2)35(6)28(38)40-29(3,4)5/h13-15,17,20H,8-12,16H2,1-7H3,(H2,30,36)(H,31,37)(H,32,34)/t17-/m0/s1. The van der Waals surface area contributed by atoms with E-state index in [0.717, 1.165) is 35.4 Å². The van der Waals surface area contributed by atoms with Crippen molar-refractivity contribution in [3.8, 4) is 5.75 Å². The van der Waals surface area contributed by atoms with Gasteiger partial charge in [-0.1, -0.05) is 13.0 Å². The third kappa shape index (κ3) is 8.30. The summed E-state index contributed by atoms with van der Waals surface area (Å²) in [5.41, 5.74) is 8.72. The molecule has 1 atom stereocenters. The Bertz CT molecular complexity index is 1240. The van der Waals surface area contributed by atoms with Crippen molar-refractivity contribution in [1.82, 2.24) is 20.2 Å². The number of hydrogen-bond acceptors (Lipinski definition) is 8. The van der Waals surface area contributed by atoms with E-state index in [4.69, 9.17) is 20.2 Å². The van der Waals surface area contributed by atoms with Gasteiger partial charge in [-0.2, -0.15) is 0 Å². The zero-order valence-corrected chi connectivity index (χ0v) is 24.6. The number of hydrogen-bond donors (Lipinski definition) is 3. The van der Waals surface area contributed by atoms with Gasteiger partial charge in [-0.15, -0.1) is 0 Å². The van der Waals surface area contributed by atoms with E-state index in [-0.39, 0.29) is 11.6 Å². The number of carbonyl (C=O) groups is 3. The minimum Gasteiger partial charge on any atom is -0.497 e. The van der Waals surface area contributed by atoms with Gasteiger partial charge in [-0.3, -0.25) is 14.5 Å². The van der Waals surface area contributed by atoms with E-state index in [1.165, 1.54) is 11.9 Å². The molecule has 1 saturated carbocycles. The average molecular weight is 555 g/mol. The minimum atomic E-state index is -0.694. The summed E-state index contributed by atoms with van der Waals surface area (Å²) in [4.78, 5) is 47.6. The van der Waals surface area contributed by atoms with Crippen molar-refractivity contribution in [1.29, 1.82) is 0 Å². The van der Waals surface area contributed by atoms with Crippen LogP contribution >= 0.6 is 0 Å². The first-order chi connectivity index (χ1) is 18.8. The van der Waals surface area contributed by atoms with E-state index in [2.05, 4.69) is 15.6 Å². The molecule has 1 fully saturated rings. The van der Waals surface area contributed by atoms with Crippen LogP contribution < -0.4 is 21.1 Å². The molecule has 3 rings (SSSR count). The van der Waals surface area contributed by atoms with Crippen LogP contribution in [-0.4, -0.2) is 65.1 Å². The largest absolute Gasteiger partial charge is 0.497 e. The fourth-order valence-corrected chi connectivity index (χ4v) is 4.15. The number of rotatable bonds is 12. The van der Waals surface area contributed by atoms with Crippen LogP contribution in [0.5, 0.6) is 5.75 Å². The summed E-state index contributed by atoms with van der Waals surface area (Å²) in [6.07, 6.45) is 2.82. The molecule has 40 heavy (non-hydrogen) atoms. The highest BCUT2D eigenvalue weighted by Gasteiger charge is 2.30. The molecule has 0 saturated heterocycles. The van der Waals surface area contributed by atoms with Gasteiger partial charge < -0.3 is 25.8 Å². The van der Waals surface area contributed by atoms with Crippen LogP contribution in [0.25, 0.3) is 0 Å². The first kappa shape index (κ1) is 30.6. The molecule has 0 unspecified atom stereocenters. The molecule has 1 heterocycles. The lowest BCUT2D eigenvalue weighted by atomic mass is 10.1. The topological polar surface area (TPSA) is 149 Å². The number of amides is 3. The second-order valence-corrected chi connectivity index (χ2v) is 11.1. The maximum absolute atomic E-state index is 12.7. The molecule has 1 aromatic carbocycles. The lowest BCUT2D eigenvalue weighted by molar-refractivity contribution is -0.125. The van der Waals surface area contributed by atoms with E-state index in [0.29, 0.717) is 43.4 Å². The van der Waals surface area contributed by atoms with Crippen molar-refractivity contribution in [3.63, 3.8) is 0 Å². The SMILES string of the molecule is CCc1nc(C(N)=O)c(NCc2cc(CCNC(=O)[C@H](C)N(C)C(=O)OC(C)(C)C)cc(OC)c2)nc1C1CC1. The molecule has 0 spiro atoms. The van der Waals surface area contributed by atoms with Gasteiger partial charge >= 0.3 is 6.09 Å². The quantitative estimate of drug-likeness (QED) is 0.361. The molecular weight excluding hydrogens is 512 g/mol. The van der Waals surface area contributed by atoms with E-state index in [1.54, 1.807) is 34.8 Å². The van der Waals surface area contributed by atoms with Crippen molar-refractivity contribution in [2.75, 3.05) is 26.0 Å². The molecule has 1 aromatic heterocycles. The number of nitrogens with two attached hydrogens (primary N) is 1. The van der Waals surface area contributed by atoms with Crippen LogP contribution in [0.4, 0.5) is 10.6 Å². The van der Waals surface area contributed by atoms with Crippen molar-refractivity contribution < 1.29 is 23.9 Å². The predicted molar refractivity (Wildman–Crippen MR) is 152 cm³/mol. The third-order valence-corrected chi connectivity index (χ3v) is 6.61.